The number of hydrogen-bond donors (Lipinski definition) is 1. The lowest BCUT2D eigenvalue weighted by molar-refractivity contribution is 0.356. The summed E-state index contributed by atoms with van der Waals surface area (Å²) in [7, 11) is 3.30. The van der Waals surface area contributed by atoms with Crippen molar-refractivity contribution in [1.29, 1.82) is 0 Å². The van der Waals surface area contributed by atoms with E-state index >= 15 is 0 Å². The van der Waals surface area contributed by atoms with Gasteiger partial charge in [0.15, 0.2) is 11.5 Å². The monoisotopic (exact) mass is 482 g/mol. The van der Waals surface area contributed by atoms with Crippen LogP contribution in [0.1, 0.15) is 11.1 Å². The van der Waals surface area contributed by atoms with E-state index in [1.165, 1.54) is 11.1 Å². The van der Waals surface area contributed by atoms with Gasteiger partial charge < -0.3 is 14.8 Å². The highest BCUT2D eigenvalue weighted by molar-refractivity contribution is 9.10. The molecule has 0 bridgehead atoms. The molecule has 0 unspecified atom stereocenters. The maximum Gasteiger partial charge on any atom is 0.162 e. The van der Waals surface area contributed by atoms with Gasteiger partial charge in [-0.05, 0) is 59.8 Å². The molecule has 2 heterocycles. The molecule has 0 fully saturated rings. The Balaban J connectivity index is 1.59. The Bertz CT molecular complexity index is 1130. The Morgan fingerprint density at radius 2 is 1.77 bits per heavy atom. The summed E-state index contributed by atoms with van der Waals surface area (Å²) in [5.74, 6) is 1.40. The van der Waals surface area contributed by atoms with Crippen molar-refractivity contribution in [2.45, 2.75) is 13.0 Å². The maximum absolute atomic E-state index is 5.47. The Kier molecular flexibility index (Phi) is 6.67. The van der Waals surface area contributed by atoms with Gasteiger partial charge in [-0.3, -0.25) is 0 Å². The lowest BCUT2D eigenvalue weighted by Crippen LogP contribution is -2.17. The molecular weight excluding hydrogens is 460 g/mol. The molecule has 2 aromatic heterocycles. The standard InChI is InChI=1S/C24H23BrN2O2S/c1-28-22-12-18-11-19(14-26-9-7-16-3-5-20(25)6-4-16)24(17-8-10-30-15-17)27-21(18)13-23(22)29-2/h3-6,8,10-13,15,26H,7,9,14H2,1-2H3. The highest BCUT2D eigenvalue weighted by Gasteiger charge is 2.13. The van der Waals surface area contributed by atoms with Gasteiger partial charge in [-0.15, -0.1) is 0 Å². The molecule has 0 aliphatic heterocycles. The molecule has 0 atom stereocenters. The quantitative estimate of drug-likeness (QED) is 0.309. The van der Waals surface area contributed by atoms with Gasteiger partial charge in [0.1, 0.15) is 0 Å². The van der Waals surface area contributed by atoms with E-state index in [2.05, 4.69) is 68.4 Å². The molecule has 154 valence electrons. The van der Waals surface area contributed by atoms with Gasteiger partial charge in [-0.2, -0.15) is 11.3 Å². The molecule has 4 aromatic rings. The van der Waals surface area contributed by atoms with Gasteiger partial charge in [0.25, 0.3) is 0 Å². The molecule has 1 N–H and O–H groups in total. The highest BCUT2D eigenvalue weighted by Crippen LogP contribution is 2.34. The lowest BCUT2D eigenvalue weighted by Gasteiger charge is -2.14. The number of nitrogens with one attached hydrogen (secondary N) is 1. The van der Waals surface area contributed by atoms with Crippen molar-refractivity contribution in [2.24, 2.45) is 0 Å². The van der Waals surface area contributed by atoms with Gasteiger partial charge in [0.05, 0.1) is 25.4 Å². The fraction of sp³-hybridized carbons (Fsp3) is 0.208. The van der Waals surface area contributed by atoms with Crippen LogP contribution in [0.3, 0.4) is 0 Å². The predicted octanol–water partition coefficient (Wildman–Crippen LogP) is 6.08. The molecule has 0 saturated carbocycles. The van der Waals surface area contributed by atoms with E-state index in [1.54, 1.807) is 25.6 Å². The van der Waals surface area contributed by atoms with Crippen molar-refractivity contribution in [3.8, 4) is 22.8 Å². The third-order valence-electron chi connectivity index (χ3n) is 5.01. The topological polar surface area (TPSA) is 43.4 Å². The first kappa shape index (κ1) is 20.8. The molecular formula is C24H23BrN2O2S. The van der Waals surface area contributed by atoms with Gasteiger partial charge >= 0.3 is 0 Å². The summed E-state index contributed by atoms with van der Waals surface area (Å²) in [5.41, 5.74) is 5.53. The van der Waals surface area contributed by atoms with Crippen LogP contribution in [0.5, 0.6) is 11.5 Å². The normalized spacial score (nSPS) is 11.0. The number of hydrogen-bond acceptors (Lipinski definition) is 5. The average Bonchev–Trinajstić information content (AvgIpc) is 3.31. The maximum atomic E-state index is 5.47. The molecule has 0 aliphatic carbocycles. The van der Waals surface area contributed by atoms with Crippen LogP contribution in [0.4, 0.5) is 0 Å². The molecule has 0 aliphatic rings. The zero-order valence-electron chi connectivity index (χ0n) is 16.9. The van der Waals surface area contributed by atoms with Gasteiger partial charge in [0, 0.05) is 33.4 Å². The Morgan fingerprint density at radius 1 is 1.00 bits per heavy atom. The van der Waals surface area contributed by atoms with Crippen molar-refractivity contribution in [3.05, 3.63) is 74.9 Å². The SMILES string of the molecule is COc1cc2cc(CNCCc3ccc(Br)cc3)c(-c3ccsc3)nc2cc1OC. The van der Waals surface area contributed by atoms with Crippen molar-refractivity contribution in [3.63, 3.8) is 0 Å². The molecule has 6 heteroatoms. The summed E-state index contributed by atoms with van der Waals surface area (Å²) in [6.45, 7) is 1.65. The number of pyridine rings is 1. The number of nitrogens with zero attached hydrogens (tertiary/aromatic N) is 1. The molecule has 2 aromatic carbocycles. The highest BCUT2D eigenvalue weighted by atomic mass is 79.9. The largest absolute Gasteiger partial charge is 0.493 e. The fourth-order valence-electron chi connectivity index (χ4n) is 3.44. The average molecular weight is 483 g/mol. The Hall–Kier alpha value is -2.41. The second-order valence-electron chi connectivity index (χ2n) is 6.96. The Morgan fingerprint density at radius 3 is 2.47 bits per heavy atom. The van der Waals surface area contributed by atoms with Crippen LogP contribution in [0, 0.1) is 0 Å². The van der Waals surface area contributed by atoms with E-state index in [0.29, 0.717) is 11.5 Å². The second-order valence-corrected chi connectivity index (χ2v) is 8.66. The van der Waals surface area contributed by atoms with E-state index in [4.69, 9.17) is 14.5 Å². The van der Waals surface area contributed by atoms with E-state index in [0.717, 1.165) is 46.1 Å². The summed E-state index contributed by atoms with van der Waals surface area (Å²) < 4.78 is 12.0. The van der Waals surface area contributed by atoms with Crippen molar-refractivity contribution in [1.82, 2.24) is 10.3 Å². The van der Waals surface area contributed by atoms with E-state index < -0.39 is 0 Å². The number of thiophene rings is 1. The first-order chi connectivity index (χ1) is 14.7. The molecule has 0 saturated heterocycles. The minimum Gasteiger partial charge on any atom is -0.493 e. The fourth-order valence-corrected chi connectivity index (χ4v) is 4.34. The van der Waals surface area contributed by atoms with Crippen LogP contribution >= 0.6 is 27.3 Å². The molecule has 4 rings (SSSR count). The van der Waals surface area contributed by atoms with Gasteiger partial charge in [-0.1, -0.05) is 28.1 Å². The zero-order chi connectivity index (χ0) is 20.9. The summed E-state index contributed by atoms with van der Waals surface area (Å²) in [6, 6.07) is 16.7. The van der Waals surface area contributed by atoms with Crippen LogP contribution < -0.4 is 14.8 Å². The Labute approximate surface area is 189 Å². The van der Waals surface area contributed by atoms with Crippen LogP contribution in [0.15, 0.2) is 63.8 Å². The second kappa shape index (κ2) is 9.60. The molecule has 30 heavy (non-hydrogen) atoms. The number of rotatable bonds is 8. The van der Waals surface area contributed by atoms with Gasteiger partial charge in [0.2, 0.25) is 0 Å². The first-order valence-corrected chi connectivity index (χ1v) is 11.4. The predicted molar refractivity (Wildman–Crippen MR) is 128 cm³/mol. The van der Waals surface area contributed by atoms with Crippen LogP contribution in [0.2, 0.25) is 0 Å². The van der Waals surface area contributed by atoms with E-state index in [-0.39, 0.29) is 0 Å². The molecule has 0 amide bonds. The van der Waals surface area contributed by atoms with Crippen LogP contribution in [0.25, 0.3) is 22.2 Å². The number of aromatic nitrogens is 1. The number of methoxy groups -OCH3 is 2. The first-order valence-electron chi connectivity index (χ1n) is 9.71. The number of halogens is 1. The minimum atomic E-state index is 0.689. The third-order valence-corrected chi connectivity index (χ3v) is 6.22. The zero-order valence-corrected chi connectivity index (χ0v) is 19.3. The summed E-state index contributed by atoms with van der Waals surface area (Å²) >= 11 is 5.17. The lowest BCUT2D eigenvalue weighted by atomic mass is 10.0. The number of ether oxygens (including phenoxy) is 2. The minimum absolute atomic E-state index is 0.689. The smallest absolute Gasteiger partial charge is 0.162 e. The van der Waals surface area contributed by atoms with Crippen LogP contribution in [-0.4, -0.2) is 25.7 Å². The molecule has 4 nitrogen and oxygen atoms in total. The number of fused-ring (bicyclic) bond motifs is 1. The molecule has 0 spiro atoms. The third kappa shape index (κ3) is 4.67. The van der Waals surface area contributed by atoms with Crippen molar-refractivity contribution in [2.75, 3.05) is 20.8 Å². The van der Waals surface area contributed by atoms with Crippen LogP contribution in [-0.2, 0) is 13.0 Å². The summed E-state index contributed by atoms with van der Waals surface area (Å²) in [4.78, 5) is 4.97. The van der Waals surface area contributed by atoms with E-state index in [9.17, 15) is 0 Å². The van der Waals surface area contributed by atoms with Crippen molar-refractivity contribution < 1.29 is 9.47 Å². The molecule has 0 radical (unpaired) electrons. The number of benzene rings is 2. The van der Waals surface area contributed by atoms with Gasteiger partial charge in [-0.25, -0.2) is 4.98 Å². The van der Waals surface area contributed by atoms with E-state index in [1.807, 2.05) is 12.1 Å². The summed E-state index contributed by atoms with van der Waals surface area (Å²) in [5, 5.41) is 8.84. The summed E-state index contributed by atoms with van der Waals surface area (Å²) in [6.07, 6.45) is 0.979. The van der Waals surface area contributed by atoms with Crippen molar-refractivity contribution >= 4 is 38.2 Å².